The van der Waals surface area contributed by atoms with Crippen molar-refractivity contribution in [3.8, 4) is 5.75 Å². The molecular formula is C17H20FN3O4S. The second-order valence-electron chi connectivity index (χ2n) is 6.74. The molecule has 26 heavy (non-hydrogen) atoms. The summed E-state index contributed by atoms with van der Waals surface area (Å²) < 4.78 is 54.3. The topological polar surface area (TPSA) is 73.7 Å². The van der Waals surface area contributed by atoms with Gasteiger partial charge in [0, 0.05) is 44.3 Å². The van der Waals surface area contributed by atoms with E-state index in [0.717, 1.165) is 0 Å². The molecule has 2 aliphatic rings. The zero-order valence-corrected chi connectivity index (χ0v) is 15.3. The maximum absolute atomic E-state index is 13.9. The van der Waals surface area contributed by atoms with E-state index in [1.54, 1.807) is 20.2 Å². The van der Waals surface area contributed by atoms with Crippen molar-refractivity contribution in [1.82, 2.24) is 14.1 Å². The van der Waals surface area contributed by atoms with Crippen LogP contribution >= 0.6 is 0 Å². The fraction of sp³-hybridized carbons (Fsp3) is 0.471. The van der Waals surface area contributed by atoms with Crippen molar-refractivity contribution < 1.29 is 22.3 Å². The van der Waals surface area contributed by atoms with E-state index < -0.39 is 21.9 Å². The second kappa shape index (κ2) is 6.33. The maximum Gasteiger partial charge on any atom is 0.246 e. The maximum atomic E-state index is 13.9. The number of ether oxygens (including phenoxy) is 2. The Kier molecular flexibility index (Phi) is 4.25. The minimum Gasteiger partial charge on any atom is -0.493 e. The van der Waals surface area contributed by atoms with Gasteiger partial charge in [-0.25, -0.2) is 12.8 Å². The normalized spacial score (nSPS) is 25.6. The Labute approximate surface area is 151 Å². The minimum atomic E-state index is -3.78. The number of nitrogens with zero attached hydrogens (tertiary/aromatic N) is 3. The summed E-state index contributed by atoms with van der Waals surface area (Å²) in [5.41, 5.74) is 0.562. The molecule has 1 saturated heterocycles. The molecule has 2 aliphatic heterocycles. The van der Waals surface area contributed by atoms with Gasteiger partial charge >= 0.3 is 0 Å². The lowest BCUT2D eigenvalue weighted by Crippen LogP contribution is -2.35. The predicted octanol–water partition coefficient (Wildman–Crippen LogP) is 1.58. The molecule has 0 amide bonds. The zero-order valence-electron chi connectivity index (χ0n) is 14.5. The molecule has 7 nitrogen and oxygen atoms in total. The Hall–Kier alpha value is -1.97. The van der Waals surface area contributed by atoms with E-state index in [1.807, 2.05) is 0 Å². The van der Waals surface area contributed by atoms with Gasteiger partial charge in [0.1, 0.15) is 16.5 Å². The molecule has 0 unspecified atom stereocenters. The highest BCUT2D eigenvalue weighted by Gasteiger charge is 2.51. The fourth-order valence-corrected chi connectivity index (χ4v) is 5.63. The van der Waals surface area contributed by atoms with Crippen LogP contribution in [-0.4, -0.2) is 49.4 Å². The van der Waals surface area contributed by atoms with E-state index in [2.05, 4.69) is 5.10 Å². The third-order valence-corrected chi connectivity index (χ3v) is 6.93. The molecule has 0 saturated carbocycles. The van der Waals surface area contributed by atoms with E-state index >= 15 is 0 Å². The van der Waals surface area contributed by atoms with Crippen molar-refractivity contribution in [1.29, 1.82) is 0 Å². The number of halogens is 1. The average molecular weight is 381 g/mol. The van der Waals surface area contributed by atoms with Gasteiger partial charge in [-0.15, -0.1) is 0 Å². The Balaban J connectivity index is 1.81. The number of fused-ring (bicyclic) bond motifs is 3. The van der Waals surface area contributed by atoms with Gasteiger partial charge in [-0.3, -0.25) is 4.68 Å². The standard InChI is InChI=1S/C17H20FN3O4S/c1-20-8-13(6-19-20)26(22,23)21-7-11(9-24-2)15-10-25-16-4-3-12(18)5-14(16)17(15)21/h3-6,8,11,15,17H,7,9-10H2,1-2H3/t11-,15-,17-/m0/s1. The molecule has 1 aromatic heterocycles. The number of benzene rings is 1. The number of rotatable bonds is 4. The number of aryl methyl sites for hydroxylation is 1. The van der Waals surface area contributed by atoms with E-state index in [-0.39, 0.29) is 16.7 Å². The molecule has 1 aromatic carbocycles. The van der Waals surface area contributed by atoms with Crippen molar-refractivity contribution in [2.45, 2.75) is 10.9 Å². The van der Waals surface area contributed by atoms with E-state index in [0.29, 0.717) is 31.1 Å². The molecule has 1 fully saturated rings. The van der Waals surface area contributed by atoms with Crippen LogP contribution in [-0.2, 0) is 21.8 Å². The number of hydrogen-bond acceptors (Lipinski definition) is 5. The predicted molar refractivity (Wildman–Crippen MR) is 90.6 cm³/mol. The Morgan fingerprint density at radius 2 is 2.23 bits per heavy atom. The molecule has 0 spiro atoms. The molecule has 4 rings (SSSR count). The van der Waals surface area contributed by atoms with Crippen LogP contribution in [0.15, 0.2) is 35.5 Å². The molecule has 9 heteroatoms. The number of aromatic nitrogens is 2. The Morgan fingerprint density at radius 1 is 1.42 bits per heavy atom. The molecule has 2 aromatic rings. The van der Waals surface area contributed by atoms with Gasteiger partial charge in [-0.2, -0.15) is 9.40 Å². The first-order valence-corrected chi connectivity index (χ1v) is 9.77. The monoisotopic (exact) mass is 381 g/mol. The molecular weight excluding hydrogens is 361 g/mol. The van der Waals surface area contributed by atoms with Crippen LogP contribution in [0.3, 0.4) is 0 Å². The molecule has 0 N–H and O–H groups in total. The largest absolute Gasteiger partial charge is 0.493 e. The molecule has 0 aliphatic carbocycles. The van der Waals surface area contributed by atoms with Gasteiger partial charge in [0.25, 0.3) is 0 Å². The molecule has 0 radical (unpaired) electrons. The average Bonchev–Trinajstić information content (AvgIpc) is 3.20. The summed E-state index contributed by atoms with van der Waals surface area (Å²) in [4.78, 5) is 0.126. The lowest BCUT2D eigenvalue weighted by molar-refractivity contribution is 0.101. The quantitative estimate of drug-likeness (QED) is 0.804. The summed E-state index contributed by atoms with van der Waals surface area (Å²) in [5, 5.41) is 3.97. The second-order valence-corrected chi connectivity index (χ2v) is 8.63. The number of methoxy groups -OCH3 is 1. The summed E-state index contributed by atoms with van der Waals surface area (Å²) in [6.45, 7) is 1.07. The van der Waals surface area contributed by atoms with E-state index in [9.17, 15) is 12.8 Å². The van der Waals surface area contributed by atoms with Gasteiger partial charge in [-0.05, 0) is 18.2 Å². The molecule has 0 bridgehead atoms. The van der Waals surface area contributed by atoms with Crippen LogP contribution < -0.4 is 4.74 Å². The third kappa shape index (κ3) is 2.70. The van der Waals surface area contributed by atoms with Crippen molar-refractivity contribution in [2.75, 3.05) is 26.9 Å². The van der Waals surface area contributed by atoms with Crippen LogP contribution in [0.25, 0.3) is 0 Å². The highest BCUT2D eigenvalue weighted by molar-refractivity contribution is 7.89. The van der Waals surface area contributed by atoms with Crippen LogP contribution in [0.4, 0.5) is 4.39 Å². The first kappa shape index (κ1) is 17.4. The van der Waals surface area contributed by atoms with Gasteiger partial charge < -0.3 is 9.47 Å². The Bertz CT molecular complexity index is 930. The summed E-state index contributed by atoms with van der Waals surface area (Å²) in [6, 6.07) is 3.76. The minimum absolute atomic E-state index is 0.0344. The zero-order chi connectivity index (χ0) is 18.5. The first-order valence-electron chi connectivity index (χ1n) is 8.33. The highest BCUT2D eigenvalue weighted by Crippen LogP contribution is 2.49. The van der Waals surface area contributed by atoms with Crippen LogP contribution in [0.5, 0.6) is 5.75 Å². The van der Waals surface area contributed by atoms with Crippen molar-refractivity contribution in [3.05, 3.63) is 42.0 Å². The molecule has 140 valence electrons. The van der Waals surface area contributed by atoms with Crippen molar-refractivity contribution in [3.63, 3.8) is 0 Å². The fourth-order valence-electron chi connectivity index (χ4n) is 3.94. The Morgan fingerprint density at radius 3 is 2.92 bits per heavy atom. The third-order valence-electron chi connectivity index (χ3n) is 5.13. The summed E-state index contributed by atoms with van der Waals surface area (Å²) in [7, 11) is -0.525. The van der Waals surface area contributed by atoms with E-state index in [4.69, 9.17) is 9.47 Å². The lowest BCUT2D eigenvalue weighted by atomic mass is 9.86. The van der Waals surface area contributed by atoms with Gasteiger partial charge in [-0.1, -0.05) is 0 Å². The van der Waals surface area contributed by atoms with Gasteiger partial charge in [0.2, 0.25) is 10.0 Å². The SMILES string of the molecule is COC[C@@H]1CN(S(=O)(=O)c2cnn(C)c2)[C@H]2c3cc(F)ccc3OC[C@@H]12. The van der Waals surface area contributed by atoms with Crippen molar-refractivity contribution in [2.24, 2.45) is 18.9 Å². The summed E-state index contributed by atoms with van der Waals surface area (Å²) in [6.07, 6.45) is 2.81. The lowest BCUT2D eigenvalue weighted by Gasteiger charge is -2.33. The first-order chi connectivity index (χ1) is 12.4. The molecule has 3 heterocycles. The van der Waals surface area contributed by atoms with Gasteiger partial charge in [0.15, 0.2) is 0 Å². The smallest absolute Gasteiger partial charge is 0.246 e. The summed E-state index contributed by atoms with van der Waals surface area (Å²) in [5.74, 6) is -0.0254. The van der Waals surface area contributed by atoms with Crippen LogP contribution in [0.1, 0.15) is 11.6 Å². The van der Waals surface area contributed by atoms with Crippen molar-refractivity contribution >= 4 is 10.0 Å². The summed E-state index contributed by atoms with van der Waals surface area (Å²) >= 11 is 0. The number of sulfonamides is 1. The van der Waals surface area contributed by atoms with Gasteiger partial charge in [0.05, 0.1) is 25.5 Å². The molecule has 3 atom stereocenters. The van der Waals surface area contributed by atoms with E-state index in [1.165, 1.54) is 33.5 Å². The number of hydrogen-bond donors (Lipinski definition) is 0. The highest BCUT2D eigenvalue weighted by atomic mass is 32.2. The van der Waals surface area contributed by atoms with Crippen LogP contribution in [0, 0.1) is 17.7 Å². The van der Waals surface area contributed by atoms with Crippen LogP contribution in [0.2, 0.25) is 0 Å².